The van der Waals surface area contributed by atoms with Crippen molar-refractivity contribution in [3.8, 4) is 0 Å². The number of nitrogens with zero attached hydrogens (tertiary/aromatic N) is 1. The molecule has 0 aliphatic carbocycles. The van der Waals surface area contributed by atoms with Crippen LogP contribution in [0.5, 0.6) is 0 Å². The summed E-state index contributed by atoms with van der Waals surface area (Å²) in [5.41, 5.74) is 0.222. The Morgan fingerprint density at radius 3 is 3.06 bits per heavy atom. The number of hydrogen-bond acceptors (Lipinski definition) is 3. The molecule has 92 valence electrons. The van der Waals surface area contributed by atoms with E-state index in [1.807, 2.05) is 6.07 Å². The Labute approximate surface area is 105 Å². The van der Waals surface area contributed by atoms with Crippen molar-refractivity contribution in [2.45, 2.75) is 19.3 Å². The van der Waals surface area contributed by atoms with E-state index in [9.17, 15) is 9.90 Å². The third kappa shape index (κ3) is 2.76. The Morgan fingerprint density at radius 2 is 2.47 bits per heavy atom. The van der Waals surface area contributed by atoms with E-state index < -0.39 is 11.4 Å². The van der Waals surface area contributed by atoms with Crippen molar-refractivity contribution in [2.24, 2.45) is 5.41 Å². The van der Waals surface area contributed by atoms with Crippen LogP contribution >= 0.6 is 11.6 Å². The van der Waals surface area contributed by atoms with E-state index in [0.29, 0.717) is 24.5 Å². The van der Waals surface area contributed by atoms with Crippen LogP contribution in [0.15, 0.2) is 18.3 Å². The number of hydrogen-bond donors (Lipinski definition) is 2. The molecule has 2 N–H and O–H groups in total. The van der Waals surface area contributed by atoms with E-state index >= 15 is 0 Å². The zero-order valence-electron chi connectivity index (χ0n) is 9.45. The maximum absolute atomic E-state index is 11.5. The number of pyridine rings is 1. The lowest BCUT2D eigenvalue weighted by molar-refractivity contribution is -0.150. The van der Waals surface area contributed by atoms with Crippen molar-refractivity contribution < 1.29 is 9.90 Å². The van der Waals surface area contributed by atoms with Gasteiger partial charge in [-0.1, -0.05) is 11.6 Å². The van der Waals surface area contributed by atoms with Crippen LogP contribution in [0.2, 0.25) is 5.15 Å². The third-order valence-electron chi connectivity index (χ3n) is 3.26. The molecule has 2 rings (SSSR count). The number of halogens is 1. The highest BCUT2D eigenvalue weighted by Gasteiger charge is 2.39. The molecule has 1 aliphatic rings. The van der Waals surface area contributed by atoms with E-state index in [1.54, 1.807) is 12.3 Å². The smallest absolute Gasteiger partial charge is 0.311 e. The van der Waals surface area contributed by atoms with Gasteiger partial charge >= 0.3 is 5.97 Å². The molecule has 0 saturated carbocycles. The molecule has 1 aliphatic heterocycles. The highest BCUT2D eigenvalue weighted by Crippen LogP contribution is 2.31. The number of aliphatic carboxylic acids is 1. The zero-order chi connectivity index (χ0) is 12.3. The second-order valence-electron chi connectivity index (χ2n) is 4.53. The quantitative estimate of drug-likeness (QED) is 0.807. The predicted octanol–water partition coefficient (Wildman–Crippen LogP) is 1.73. The van der Waals surface area contributed by atoms with E-state index in [2.05, 4.69) is 10.3 Å². The van der Waals surface area contributed by atoms with Crippen molar-refractivity contribution in [1.29, 1.82) is 0 Å². The summed E-state index contributed by atoms with van der Waals surface area (Å²) >= 11 is 5.81. The van der Waals surface area contributed by atoms with Crippen LogP contribution in [-0.2, 0) is 11.2 Å². The van der Waals surface area contributed by atoms with Gasteiger partial charge in [0.05, 0.1) is 5.41 Å². The van der Waals surface area contributed by atoms with Crippen LogP contribution in [0.3, 0.4) is 0 Å². The molecular weight excluding hydrogens is 240 g/mol. The van der Waals surface area contributed by atoms with Crippen molar-refractivity contribution in [2.75, 3.05) is 13.1 Å². The first kappa shape index (κ1) is 12.3. The molecule has 17 heavy (non-hydrogen) atoms. The third-order valence-corrected chi connectivity index (χ3v) is 3.47. The van der Waals surface area contributed by atoms with Gasteiger partial charge in [-0.25, -0.2) is 4.98 Å². The maximum atomic E-state index is 11.5. The van der Waals surface area contributed by atoms with Gasteiger partial charge < -0.3 is 10.4 Å². The normalized spacial score (nSPS) is 24.5. The van der Waals surface area contributed by atoms with Crippen molar-refractivity contribution >= 4 is 17.6 Å². The fourth-order valence-electron chi connectivity index (χ4n) is 2.32. The summed E-state index contributed by atoms with van der Waals surface area (Å²) in [6.45, 7) is 1.41. The minimum Gasteiger partial charge on any atom is -0.481 e. The van der Waals surface area contributed by atoms with Crippen LogP contribution < -0.4 is 5.32 Å². The molecule has 1 aromatic rings. The molecule has 2 heterocycles. The van der Waals surface area contributed by atoms with Crippen LogP contribution in [-0.4, -0.2) is 29.1 Å². The Balaban J connectivity index is 2.20. The number of carboxylic acids is 1. The predicted molar refractivity (Wildman–Crippen MR) is 65.1 cm³/mol. The summed E-state index contributed by atoms with van der Waals surface area (Å²) in [4.78, 5) is 15.4. The van der Waals surface area contributed by atoms with E-state index in [4.69, 9.17) is 11.6 Å². The molecular formula is C12H15ClN2O2. The minimum atomic E-state index is -0.738. The number of aromatic nitrogens is 1. The van der Waals surface area contributed by atoms with Gasteiger partial charge in [-0.3, -0.25) is 4.79 Å². The van der Waals surface area contributed by atoms with E-state index in [-0.39, 0.29) is 0 Å². The molecule has 5 heteroatoms. The molecule has 1 unspecified atom stereocenters. The van der Waals surface area contributed by atoms with Gasteiger partial charge in [-0.05, 0) is 43.5 Å². The Kier molecular flexibility index (Phi) is 3.64. The van der Waals surface area contributed by atoms with Crippen molar-refractivity contribution in [3.63, 3.8) is 0 Å². The number of nitrogens with one attached hydrogen (secondary N) is 1. The summed E-state index contributed by atoms with van der Waals surface area (Å²) < 4.78 is 0. The topological polar surface area (TPSA) is 62.2 Å². The van der Waals surface area contributed by atoms with Gasteiger partial charge in [0.1, 0.15) is 5.15 Å². The van der Waals surface area contributed by atoms with Gasteiger partial charge in [0.2, 0.25) is 0 Å². The van der Waals surface area contributed by atoms with Gasteiger partial charge in [0.25, 0.3) is 0 Å². The molecule has 0 amide bonds. The Bertz CT molecular complexity index is 417. The molecule has 0 spiro atoms. The van der Waals surface area contributed by atoms with Crippen molar-refractivity contribution in [3.05, 3.63) is 29.0 Å². The lowest BCUT2D eigenvalue weighted by Gasteiger charge is -2.33. The lowest BCUT2D eigenvalue weighted by Crippen LogP contribution is -2.47. The number of piperidine rings is 1. The average Bonchev–Trinajstić information content (AvgIpc) is 2.30. The van der Waals surface area contributed by atoms with Crippen molar-refractivity contribution in [1.82, 2.24) is 10.3 Å². The molecule has 4 nitrogen and oxygen atoms in total. The number of carboxylic acid groups (broad SMARTS) is 1. The maximum Gasteiger partial charge on any atom is 0.311 e. The lowest BCUT2D eigenvalue weighted by atomic mass is 9.76. The summed E-state index contributed by atoms with van der Waals surface area (Å²) in [6.07, 6.45) is 3.71. The van der Waals surface area contributed by atoms with Gasteiger partial charge in [-0.2, -0.15) is 0 Å². The molecule has 1 fully saturated rings. The van der Waals surface area contributed by atoms with Gasteiger partial charge in [-0.15, -0.1) is 0 Å². The first-order valence-electron chi connectivity index (χ1n) is 5.67. The number of rotatable bonds is 3. The Morgan fingerprint density at radius 1 is 1.65 bits per heavy atom. The molecule has 1 aromatic heterocycles. The summed E-state index contributed by atoms with van der Waals surface area (Å²) in [5.74, 6) is -0.738. The molecule has 0 bridgehead atoms. The fraction of sp³-hybridized carbons (Fsp3) is 0.500. The fourth-order valence-corrected chi connectivity index (χ4v) is 2.52. The van der Waals surface area contributed by atoms with E-state index in [0.717, 1.165) is 18.5 Å². The molecule has 1 atom stereocenters. The zero-order valence-corrected chi connectivity index (χ0v) is 10.2. The summed E-state index contributed by atoms with van der Waals surface area (Å²) in [7, 11) is 0. The number of carbonyl (C=O) groups is 1. The van der Waals surface area contributed by atoms with E-state index in [1.165, 1.54) is 0 Å². The summed E-state index contributed by atoms with van der Waals surface area (Å²) in [6, 6.07) is 3.56. The highest BCUT2D eigenvalue weighted by atomic mass is 35.5. The van der Waals surface area contributed by atoms with Gasteiger partial charge in [0, 0.05) is 12.7 Å². The molecule has 0 aromatic carbocycles. The summed E-state index contributed by atoms with van der Waals surface area (Å²) in [5, 5.41) is 13.0. The Hall–Kier alpha value is -1.13. The largest absolute Gasteiger partial charge is 0.481 e. The van der Waals surface area contributed by atoms with Crippen LogP contribution in [0, 0.1) is 5.41 Å². The van der Waals surface area contributed by atoms with Crippen LogP contribution in [0.25, 0.3) is 0 Å². The standard InChI is InChI=1S/C12H15ClN2O2/c13-10-6-9(2-5-15-10)7-12(11(16)17)3-1-4-14-8-12/h2,5-6,14H,1,3-4,7-8H2,(H,16,17). The molecule has 0 radical (unpaired) electrons. The van der Waals surface area contributed by atoms with Crippen LogP contribution in [0.4, 0.5) is 0 Å². The monoisotopic (exact) mass is 254 g/mol. The second kappa shape index (κ2) is 5.02. The SMILES string of the molecule is O=C(O)C1(Cc2ccnc(Cl)c2)CCCNC1. The first-order chi connectivity index (χ1) is 8.12. The second-order valence-corrected chi connectivity index (χ2v) is 4.92. The minimum absolute atomic E-state index is 0.409. The highest BCUT2D eigenvalue weighted by molar-refractivity contribution is 6.29. The first-order valence-corrected chi connectivity index (χ1v) is 6.05. The molecule has 1 saturated heterocycles. The van der Waals surface area contributed by atoms with Crippen LogP contribution in [0.1, 0.15) is 18.4 Å². The average molecular weight is 255 g/mol. The van der Waals surface area contributed by atoms with Gasteiger partial charge in [0.15, 0.2) is 0 Å².